The van der Waals surface area contributed by atoms with Gasteiger partial charge >= 0.3 is 0 Å². The maximum atomic E-state index is 12.1. The molecule has 0 saturated carbocycles. The van der Waals surface area contributed by atoms with E-state index in [0.717, 1.165) is 6.26 Å². The van der Waals surface area contributed by atoms with E-state index in [2.05, 4.69) is 10.1 Å². The van der Waals surface area contributed by atoms with Crippen LogP contribution < -0.4 is 9.47 Å². The lowest BCUT2D eigenvalue weighted by molar-refractivity contribution is 0.299. The first-order chi connectivity index (χ1) is 12.9. The lowest BCUT2D eigenvalue weighted by Crippen LogP contribution is -2.29. The van der Waals surface area contributed by atoms with Crippen molar-refractivity contribution in [3.8, 4) is 22.9 Å². The number of ether oxygens (including phenoxy) is 2. The molecular weight excluding hydrogens is 374 g/mol. The number of rotatable bonds is 8. The number of benzene rings is 1. The molecule has 0 aliphatic carbocycles. The number of aromatic nitrogens is 2. The fourth-order valence-electron chi connectivity index (χ4n) is 2.43. The van der Waals surface area contributed by atoms with Crippen molar-refractivity contribution in [2.45, 2.75) is 13.1 Å². The number of sulfonamides is 1. The van der Waals surface area contributed by atoms with Crippen molar-refractivity contribution in [2.24, 2.45) is 0 Å². The largest absolute Gasteiger partial charge is 0.497 e. The minimum absolute atomic E-state index is 0.0615. The minimum atomic E-state index is -3.52. The van der Waals surface area contributed by atoms with E-state index in [1.807, 2.05) is 0 Å². The zero-order valence-corrected chi connectivity index (χ0v) is 15.9. The van der Waals surface area contributed by atoms with E-state index in [1.165, 1.54) is 17.7 Å². The van der Waals surface area contributed by atoms with Crippen molar-refractivity contribution in [2.75, 3.05) is 20.5 Å². The van der Waals surface area contributed by atoms with E-state index in [9.17, 15) is 8.42 Å². The first-order valence-corrected chi connectivity index (χ1v) is 9.78. The normalized spacial score (nSPS) is 11.7. The molecule has 9 nitrogen and oxygen atoms in total. The van der Waals surface area contributed by atoms with Crippen LogP contribution in [-0.4, -0.2) is 43.3 Å². The van der Waals surface area contributed by atoms with E-state index in [0.29, 0.717) is 22.8 Å². The summed E-state index contributed by atoms with van der Waals surface area (Å²) in [5.41, 5.74) is 0.573. The van der Waals surface area contributed by atoms with Crippen LogP contribution in [0.15, 0.2) is 45.5 Å². The Morgan fingerprint density at radius 1 is 1.15 bits per heavy atom. The molecule has 10 heteroatoms. The van der Waals surface area contributed by atoms with Crippen molar-refractivity contribution in [1.82, 2.24) is 14.4 Å². The molecule has 0 saturated heterocycles. The van der Waals surface area contributed by atoms with Crippen molar-refractivity contribution in [3.05, 3.63) is 48.2 Å². The van der Waals surface area contributed by atoms with Gasteiger partial charge in [0.25, 0.3) is 0 Å². The number of hydrogen-bond acceptors (Lipinski definition) is 8. The molecule has 0 N–H and O–H groups in total. The molecule has 0 aliphatic heterocycles. The molecule has 27 heavy (non-hydrogen) atoms. The zero-order chi connectivity index (χ0) is 19.4. The SMILES string of the molecule is COc1ccc(OC)c(-c2noc(CN(Cc3ccco3)S(C)(=O)=O)n2)c1. The van der Waals surface area contributed by atoms with Crippen molar-refractivity contribution in [1.29, 1.82) is 0 Å². The molecule has 0 radical (unpaired) electrons. The predicted octanol–water partition coefficient (Wildman–Crippen LogP) is 2.31. The van der Waals surface area contributed by atoms with Gasteiger partial charge < -0.3 is 18.4 Å². The maximum Gasteiger partial charge on any atom is 0.242 e. The van der Waals surface area contributed by atoms with Gasteiger partial charge in [0.1, 0.15) is 17.3 Å². The van der Waals surface area contributed by atoms with Crippen molar-refractivity contribution < 1.29 is 26.8 Å². The number of furan rings is 1. The van der Waals surface area contributed by atoms with Crippen LogP contribution in [0.5, 0.6) is 11.5 Å². The van der Waals surface area contributed by atoms with Crippen LogP contribution in [0.1, 0.15) is 11.7 Å². The monoisotopic (exact) mass is 393 g/mol. The maximum absolute atomic E-state index is 12.1. The van der Waals surface area contributed by atoms with E-state index < -0.39 is 10.0 Å². The average molecular weight is 393 g/mol. The molecule has 0 atom stereocenters. The first-order valence-electron chi connectivity index (χ1n) is 7.93. The van der Waals surface area contributed by atoms with Crippen LogP contribution >= 0.6 is 0 Å². The van der Waals surface area contributed by atoms with Crippen molar-refractivity contribution >= 4 is 10.0 Å². The second-order valence-electron chi connectivity index (χ2n) is 5.69. The summed E-state index contributed by atoms with van der Waals surface area (Å²) < 4.78 is 46.3. The van der Waals surface area contributed by atoms with E-state index in [-0.39, 0.29) is 24.8 Å². The highest BCUT2D eigenvalue weighted by Crippen LogP contribution is 2.31. The van der Waals surface area contributed by atoms with Crippen LogP contribution in [0, 0.1) is 0 Å². The Balaban J connectivity index is 1.86. The van der Waals surface area contributed by atoms with Crippen LogP contribution in [-0.2, 0) is 23.1 Å². The predicted molar refractivity (Wildman–Crippen MR) is 95.6 cm³/mol. The molecule has 1 aromatic carbocycles. The molecule has 0 spiro atoms. The summed E-state index contributed by atoms with van der Waals surface area (Å²) in [4.78, 5) is 4.30. The van der Waals surface area contributed by atoms with Gasteiger partial charge in [-0.2, -0.15) is 9.29 Å². The molecule has 2 aromatic heterocycles. The molecule has 144 valence electrons. The van der Waals surface area contributed by atoms with Crippen LogP contribution in [0.2, 0.25) is 0 Å². The van der Waals surface area contributed by atoms with E-state index in [4.69, 9.17) is 18.4 Å². The zero-order valence-electron chi connectivity index (χ0n) is 15.1. The Hall–Kier alpha value is -2.85. The van der Waals surface area contributed by atoms with Crippen molar-refractivity contribution in [3.63, 3.8) is 0 Å². The average Bonchev–Trinajstić information content (AvgIpc) is 3.32. The molecule has 3 aromatic rings. The lowest BCUT2D eigenvalue weighted by Gasteiger charge is -2.16. The van der Waals surface area contributed by atoms with Gasteiger partial charge in [0.15, 0.2) is 0 Å². The Morgan fingerprint density at radius 3 is 2.59 bits per heavy atom. The highest BCUT2D eigenvalue weighted by molar-refractivity contribution is 7.88. The third kappa shape index (κ3) is 4.47. The standard InChI is InChI=1S/C17H19N3O6S/c1-23-12-6-7-15(24-2)14(9-12)17-18-16(26-19-17)11-20(27(3,21)22)10-13-5-4-8-25-13/h4-9H,10-11H2,1-3H3. The van der Waals surface area contributed by atoms with Gasteiger partial charge in [-0.15, -0.1) is 0 Å². The van der Waals surface area contributed by atoms with Gasteiger partial charge in [0.2, 0.25) is 21.7 Å². The van der Waals surface area contributed by atoms with Gasteiger partial charge in [0, 0.05) is 0 Å². The number of hydrogen-bond donors (Lipinski definition) is 0. The summed E-state index contributed by atoms with van der Waals surface area (Å²) in [6, 6.07) is 8.57. The van der Waals surface area contributed by atoms with Crippen LogP contribution in [0.25, 0.3) is 11.4 Å². The topological polar surface area (TPSA) is 108 Å². The van der Waals surface area contributed by atoms with E-state index >= 15 is 0 Å². The summed E-state index contributed by atoms with van der Waals surface area (Å²) in [5, 5.41) is 3.94. The highest BCUT2D eigenvalue weighted by atomic mass is 32.2. The molecule has 0 aliphatic rings. The van der Waals surface area contributed by atoms with Crippen LogP contribution in [0.3, 0.4) is 0 Å². The van der Waals surface area contributed by atoms with Gasteiger partial charge in [-0.05, 0) is 30.3 Å². The lowest BCUT2D eigenvalue weighted by atomic mass is 10.2. The summed E-state index contributed by atoms with van der Waals surface area (Å²) in [5.74, 6) is 2.07. The molecule has 3 rings (SSSR count). The first kappa shape index (κ1) is 18.9. The van der Waals surface area contributed by atoms with Gasteiger partial charge in [-0.3, -0.25) is 0 Å². The Bertz CT molecular complexity index is 998. The second-order valence-corrected chi connectivity index (χ2v) is 7.67. The highest BCUT2D eigenvalue weighted by Gasteiger charge is 2.23. The summed E-state index contributed by atoms with van der Waals surface area (Å²) in [7, 11) is -0.441. The smallest absolute Gasteiger partial charge is 0.242 e. The second kappa shape index (κ2) is 7.80. The Kier molecular flexibility index (Phi) is 5.47. The fraction of sp³-hybridized carbons (Fsp3) is 0.294. The third-order valence-corrected chi connectivity index (χ3v) is 5.00. The number of methoxy groups -OCH3 is 2. The fourth-order valence-corrected chi connectivity index (χ4v) is 3.14. The molecule has 0 fully saturated rings. The summed E-state index contributed by atoms with van der Waals surface area (Å²) >= 11 is 0. The Labute approximate surface area is 156 Å². The van der Waals surface area contributed by atoms with Gasteiger partial charge in [-0.1, -0.05) is 5.16 Å². The molecular formula is C17H19N3O6S. The number of nitrogens with zero attached hydrogens (tertiary/aromatic N) is 3. The molecule has 0 amide bonds. The quantitative estimate of drug-likeness (QED) is 0.574. The molecule has 0 unspecified atom stereocenters. The molecule has 0 bridgehead atoms. The molecule has 2 heterocycles. The minimum Gasteiger partial charge on any atom is -0.497 e. The summed E-state index contributed by atoms with van der Waals surface area (Å²) in [6.07, 6.45) is 2.59. The van der Waals surface area contributed by atoms with Crippen LogP contribution in [0.4, 0.5) is 0 Å². The summed E-state index contributed by atoms with van der Waals surface area (Å²) in [6.45, 7) is -0.0230. The van der Waals surface area contributed by atoms with Gasteiger partial charge in [-0.25, -0.2) is 8.42 Å². The Morgan fingerprint density at radius 2 is 1.96 bits per heavy atom. The van der Waals surface area contributed by atoms with E-state index in [1.54, 1.807) is 37.4 Å². The third-order valence-electron chi connectivity index (χ3n) is 3.81. The van der Waals surface area contributed by atoms with Gasteiger partial charge in [0.05, 0.1) is 45.4 Å².